The molecule has 0 aromatic heterocycles. The van der Waals surface area contributed by atoms with Gasteiger partial charge in [-0.25, -0.2) is 5.01 Å². The average molecular weight is 295 g/mol. The van der Waals surface area contributed by atoms with Gasteiger partial charge in [-0.3, -0.25) is 15.0 Å². The van der Waals surface area contributed by atoms with E-state index in [1.54, 1.807) is 6.92 Å². The van der Waals surface area contributed by atoms with Crippen LogP contribution in [0, 0.1) is 0 Å². The van der Waals surface area contributed by atoms with Crippen molar-refractivity contribution < 1.29 is 9.59 Å². The van der Waals surface area contributed by atoms with Crippen molar-refractivity contribution in [2.45, 2.75) is 19.4 Å². The summed E-state index contributed by atoms with van der Waals surface area (Å²) in [7, 11) is 0. The standard InChI is InChI=1S/C17H17N3O2/c1-11(18)17(22)19-20-15-9-5-4-8-14(15)13-7-3-2-6-12(13)10-16(20)21/h2-9,11H,10,18H2,1H3,(H,19,22)/t11-/m0/s1. The lowest BCUT2D eigenvalue weighted by atomic mass is 9.98. The van der Waals surface area contributed by atoms with Gasteiger partial charge in [0, 0.05) is 5.56 Å². The second-order valence-electron chi connectivity index (χ2n) is 5.34. The SMILES string of the molecule is C[C@H](N)C(=O)NN1C(=O)Cc2ccccc2-c2ccccc21. The Morgan fingerprint density at radius 2 is 1.77 bits per heavy atom. The van der Waals surface area contributed by atoms with Crippen molar-refractivity contribution in [3.05, 3.63) is 54.1 Å². The number of carbonyl (C=O) groups excluding carboxylic acids is 2. The zero-order chi connectivity index (χ0) is 15.7. The fraction of sp³-hybridized carbons (Fsp3) is 0.176. The van der Waals surface area contributed by atoms with E-state index in [1.807, 2.05) is 48.5 Å². The van der Waals surface area contributed by atoms with Gasteiger partial charge in [-0.1, -0.05) is 42.5 Å². The first-order valence-electron chi connectivity index (χ1n) is 7.14. The van der Waals surface area contributed by atoms with Crippen molar-refractivity contribution >= 4 is 17.5 Å². The molecule has 2 amide bonds. The van der Waals surface area contributed by atoms with Crippen LogP contribution in [0.1, 0.15) is 12.5 Å². The first-order chi connectivity index (χ1) is 10.6. The van der Waals surface area contributed by atoms with E-state index in [4.69, 9.17) is 5.73 Å². The summed E-state index contributed by atoms with van der Waals surface area (Å²) in [4.78, 5) is 24.5. The van der Waals surface area contributed by atoms with Crippen molar-refractivity contribution in [1.29, 1.82) is 0 Å². The quantitative estimate of drug-likeness (QED) is 0.884. The maximum atomic E-state index is 12.6. The number of nitrogens with zero attached hydrogens (tertiary/aromatic N) is 1. The minimum absolute atomic E-state index is 0.189. The number of rotatable bonds is 2. The van der Waals surface area contributed by atoms with Crippen LogP contribution in [-0.4, -0.2) is 17.9 Å². The van der Waals surface area contributed by atoms with E-state index in [-0.39, 0.29) is 12.3 Å². The smallest absolute Gasteiger partial charge is 0.255 e. The molecule has 2 aromatic carbocycles. The first kappa shape index (κ1) is 14.3. The third-order valence-electron chi connectivity index (χ3n) is 3.68. The maximum Gasteiger partial charge on any atom is 0.255 e. The molecule has 112 valence electrons. The molecule has 1 atom stereocenters. The van der Waals surface area contributed by atoms with Gasteiger partial charge in [0.05, 0.1) is 18.2 Å². The summed E-state index contributed by atoms with van der Waals surface area (Å²) in [6, 6.07) is 14.6. The molecule has 0 saturated carbocycles. The van der Waals surface area contributed by atoms with E-state index in [9.17, 15) is 9.59 Å². The average Bonchev–Trinajstić information content (AvgIpc) is 2.63. The molecular formula is C17H17N3O2. The summed E-state index contributed by atoms with van der Waals surface area (Å²) in [5, 5.41) is 1.31. The molecule has 0 radical (unpaired) electrons. The Labute approximate surface area is 128 Å². The normalized spacial score (nSPS) is 14.6. The predicted molar refractivity (Wildman–Crippen MR) is 84.9 cm³/mol. The Kier molecular flexibility index (Phi) is 3.65. The molecule has 1 aliphatic heterocycles. The minimum Gasteiger partial charge on any atom is -0.320 e. The van der Waals surface area contributed by atoms with Gasteiger partial charge in [0.25, 0.3) is 5.91 Å². The lowest BCUT2D eigenvalue weighted by molar-refractivity contribution is -0.126. The van der Waals surface area contributed by atoms with Crippen LogP contribution in [0.2, 0.25) is 0 Å². The molecule has 3 N–H and O–H groups in total. The molecule has 0 unspecified atom stereocenters. The van der Waals surface area contributed by atoms with E-state index in [0.717, 1.165) is 16.7 Å². The van der Waals surface area contributed by atoms with Crippen LogP contribution in [0.15, 0.2) is 48.5 Å². The molecule has 0 bridgehead atoms. The molecule has 1 aliphatic rings. The van der Waals surface area contributed by atoms with Crippen molar-refractivity contribution in [2.24, 2.45) is 5.73 Å². The highest BCUT2D eigenvalue weighted by atomic mass is 16.2. The number of amides is 2. The molecule has 5 nitrogen and oxygen atoms in total. The van der Waals surface area contributed by atoms with E-state index in [2.05, 4.69) is 5.43 Å². The molecule has 5 heteroatoms. The van der Waals surface area contributed by atoms with E-state index in [1.165, 1.54) is 5.01 Å². The lowest BCUT2D eigenvalue weighted by Gasteiger charge is -2.24. The summed E-state index contributed by atoms with van der Waals surface area (Å²) in [6.45, 7) is 1.58. The summed E-state index contributed by atoms with van der Waals surface area (Å²) in [5.41, 5.74) is 11.7. The molecule has 1 heterocycles. The second-order valence-corrected chi connectivity index (χ2v) is 5.34. The Morgan fingerprint density at radius 3 is 2.50 bits per heavy atom. The van der Waals surface area contributed by atoms with Crippen molar-refractivity contribution in [3.8, 4) is 11.1 Å². The fourth-order valence-corrected chi connectivity index (χ4v) is 2.54. The molecule has 22 heavy (non-hydrogen) atoms. The summed E-state index contributed by atoms with van der Waals surface area (Å²) in [6.07, 6.45) is 0.226. The van der Waals surface area contributed by atoms with Crippen LogP contribution in [0.4, 0.5) is 5.69 Å². The van der Waals surface area contributed by atoms with Gasteiger partial charge in [0.15, 0.2) is 0 Å². The Hall–Kier alpha value is -2.66. The lowest BCUT2D eigenvalue weighted by Crippen LogP contribution is -2.51. The Morgan fingerprint density at radius 1 is 1.14 bits per heavy atom. The van der Waals surface area contributed by atoms with Gasteiger partial charge >= 0.3 is 0 Å². The van der Waals surface area contributed by atoms with Crippen LogP contribution in [-0.2, 0) is 16.0 Å². The topological polar surface area (TPSA) is 75.4 Å². The number of hydrogen-bond acceptors (Lipinski definition) is 3. The van der Waals surface area contributed by atoms with Gasteiger partial charge in [0.2, 0.25) is 5.91 Å². The van der Waals surface area contributed by atoms with Gasteiger partial charge in [-0.05, 0) is 24.1 Å². The highest BCUT2D eigenvalue weighted by Crippen LogP contribution is 2.35. The predicted octanol–water partition coefficient (Wildman–Crippen LogP) is 1.62. The number of hydrazine groups is 1. The molecule has 0 fully saturated rings. The van der Waals surface area contributed by atoms with E-state index >= 15 is 0 Å². The third-order valence-corrected chi connectivity index (χ3v) is 3.68. The van der Waals surface area contributed by atoms with Crippen LogP contribution in [0.5, 0.6) is 0 Å². The van der Waals surface area contributed by atoms with Crippen molar-refractivity contribution in [2.75, 3.05) is 5.01 Å². The molecular weight excluding hydrogens is 278 g/mol. The monoisotopic (exact) mass is 295 g/mol. The van der Waals surface area contributed by atoms with Crippen LogP contribution in [0.3, 0.4) is 0 Å². The van der Waals surface area contributed by atoms with Gasteiger partial charge in [-0.2, -0.15) is 0 Å². The van der Waals surface area contributed by atoms with Crippen LogP contribution >= 0.6 is 0 Å². The van der Waals surface area contributed by atoms with Crippen LogP contribution < -0.4 is 16.2 Å². The highest BCUT2D eigenvalue weighted by molar-refractivity contribution is 6.04. The number of hydrogen-bond donors (Lipinski definition) is 2. The first-order valence-corrected chi connectivity index (χ1v) is 7.14. The van der Waals surface area contributed by atoms with Crippen molar-refractivity contribution in [3.63, 3.8) is 0 Å². The van der Waals surface area contributed by atoms with Gasteiger partial charge < -0.3 is 5.73 Å². The van der Waals surface area contributed by atoms with Crippen molar-refractivity contribution in [1.82, 2.24) is 5.43 Å². The number of para-hydroxylation sites is 1. The third kappa shape index (κ3) is 2.46. The molecule has 0 aliphatic carbocycles. The number of nitrogens with two attached hydrogens (primary N) is 1. The number of carbonyl (C=O) groups is 2. The molecule has 0 spiro atoms. The summed E-state index contributed by atoms with van der Waals surface area (Å²) >= 11 is 0. The number of benzene rings is 2. The molecule has 2 aromatic rings. The zero-order valence-corrected chi connectivity index (χ0v) is 12.2. The highest BCUT2D eigenvalue weighted by Gasteiger charge is 2.27. The van der Waals surface area contributed by atoms with Gasteiger partial charge in [-0.15, -0.1) is 0 Å². The molecule has 0 saturated heterocycles. The molecule has 3 rings (SSSR count). The number of nitrogens with one attached hydrogen (secondary N) is 1. The Balaban J connectivity index is 2.11. The minimum atomic E-state index is -0.689. The van der Waals surface area contributed by atoms with E-state index < -0.39 is 11.9 Å². The fourth-order valence-electron chi connectivity index (χ4n) is 2.54. The number of fused-ring (bicyclic) bond motifs is 3. The zero-order valence-electron chi connectivity index (χ0n) is 12.2. The second kappa shape index (κ2) is 5.61. The number of anilines is 1. The summed E-state index contributed by atoms with van der Waals surface area (Å²) in [5.74, 6) is -0.583. The van der Waals surface area contributed by atoms with Crippen LogP contribution in [0.25, 0.3) is 11.1 Å². The Bertz CT molecular complexity index is 740. The largest absolute Gasteiger partial charge is 0.320 e. The maximum absolute atomic E-state index is 12.6. The van der Waals surface area contributed by atoms with E-state index in [0.29, 0.717) is 5.69 Å². The van der Waals surface area contributed by atoms with Gasteiger partial charge in [0.1, 0.15) is 0 Å². The summed E-state index contributed by atoms with van der Waals surface area (Å²) < 4.78 is 0.